The fourth-order valence-electron chi connectivity index (χ4n) is 0.382. The van der Waals surface area contributed by atoms with Gasteiger partial charge in [0.1, 0.15) is 12.5 Å². The molecule has 0 aliphatic carbocycles. The molecule has 0 aromatic rings. The van der Waals surface area contributed by atoms with Gasteiger partial charge >= 0.3 is 5.97 Å². The molecule has 0 rings (SSSR count). The molecule has 84 valence electrons. The maximum absolute atomic E-state index is 9.99. The molecule has 0 spiro atoms. The van der Waals surface area contributed by atoms with Gasteiger partial charge in [-0.1, -0.05) is 0 Å². The van der Waals surface area contributed by atoms with Crippen molar-refractivity contribution in [3.8, 4) is 6.07 Å². The molecule has 0 bridgehead atoms. The largest absolute Gasteiger partial charge is 0.480 e. The van der Waals surface area contributed by atoms with E-state index in [9.17, 15) is 14.4 Å². The number of carbonyl (C=O) groups excluding carboxylic acids is 2. The van der Waals surface area contributed by atoms with Gasteiger partial charge in [-0.2, -0.15) is 5.26 Å². The first-order valence-electron chi connectivity index (χ1n) is 3.73. The Morgan fingerprint density at radius 1 is 1.27 bits per heavy atom. The van der Waals surface area contributed by atoms with E-state index in [-0.39, 0.29) is 12.8 Å². The summed E-state index contributed by atoms with van der Waals surface area (Å²) in [5, 5.41) is 15.8. The minimum atomic E-state index is -1.21. The van der Waals surface area contributed by atoms with Crippen molar-refractivity contribution in [1.82, 2.24) is 0 Å². The van der Waals surface area contributed by atoms with Crippen molar-refractivity contribution in [2.75, 3.05) is 0 Å². The van der Waals surface area contributed by atoms with E-state index in [2.05, 4.69) is 11.5 Å². The molecule has 15 heavy (non-hydrogen) atoms. The number of amides is 2. The number of nitriles is 1. The van der Waals surface area contributed by atoms with Crippen molar-refractivity contribution in [1.29, 1.82) is 5.26 Å². The monoisotopic (exact) mass is 216 g/mol. The zero-order valence-electron chi connectivity index (χ0n) is 7.84. The summed E-state index contributed by atoms with van der Waals surface area (Å²) in [5.74, 6) is -2.49. The Balaban J connectivity index is 0. The number of nitrogens with zero attached hydrogens (tertiary/aromatic N) is 1. The van der Waals surface area contributed by atoms with E-state index in [1.54, 1.807) is 6.07 Å². The van der Waals surface area contributed by atoms with Gasteiger partial charge in [-0.3, -0.25) is 14.4 Å². The van der Waals surface area contributed by atoms with Crippen LogP contribution < -0.4 is 17.2 Å². The minimum Gasteiger partial charge on any atom is -0.480 e. The van der Waals surface area contributed by atoms with Gasteiger partial charge in [0.05, 0.1) is 12.5 Å². The van der Waals surface area contributed by atoms with Gasteiger partial charge in [-0.05, 0) is 0 Å². The fraction of sp³-hybridized carbons (Fsp3) is 0.429. The van der Waals surface area contributed by atoms with Gasteiger partial charge < -0.3 is 22.3 Å². The van der Waals surface area contributed by atoms with E-state index in [1.807, 2.05) is 0 Å². The molecule has 0 fully saturated rings. The van der Waals surface area contributed by atoms with E-state index in [1.165, 1.54) is 0 Å². The maximum Gasteiger partial charge on any atom is 0.321 e. The third-order valence-electron chi connectivity index (χ3n) is 0.992. The molecule has 0 aromatic carbocycles. The number of carboxylic acid groups (broad SMARTS) is 1. The highest BCUT2D eigenvalue weighted by atomic mass is 16.4. The van der Waals surface area contributed by atoms with Crippen molar-refractivity contribution in [2.45, 2.75) is 18.9 Å². The molecule has 0 aromatic heterocycles. The molecular formula is C7H12N4O4. The first-order valence-corrected chi connectivity index (χ1v) is 3.73. The van der Waals surface area contributed by atoms with Crippen molar-refractivity contribution >= 4 is 17.8 Å². The number of aliphatic carboxylic acids is 1. The van der Waals surface area contributed by atoms with Crippen LogP contribution in [-0.4, -0.2) is 28.9 Å². The van der Waals surface area contributed by atoms with E-state index >= 15 is 0 Å². The summed E-state index contributed by atoms with van der Waals surface area (Å²) in [6.45, 7) is 0. The van der Waals surface area contributed by atoms with Gasteiger partial charge in [0.2, 0.25) is 11.8 Å². The lowest BCUT2D eigenvalue weighted by Gasteiger charge is -1.99. The highest BCUT2D eigenvalue weighted by Gasteiger charge is 2.13. The topological polar surface area (TPSA) is 173 Å². The molecule has 0 aliphatic heterocycles. The van der Waals surface area contributed by atoms with Crippen LogP contribution in [0.5, 0.6) is 0 Å². The molecule has 0 aliphatic rings. The van der Waals surface area contributed by atoms with E-state index < -0.39 is 23.8 Å². The Kier molecular flexibility index (Phi) is 8.65. The van der Waals surface area contributed by atoms with Crippen molar-refractivity contribution < 1.29 is 19.5 Å². The lowest BCUT2D eigenvalue weighted by atomic mass is 10.2. The fourth-order valence-corrected chi connectivity index (χ4v) is 0.382. The first kappa shape index (κ1) is 15.3. The minimum absolute atomic E-state index is 0.181. The lowest BCUT2D eigenvalue weighted by molar-refractivity contribution is -0.140. The van der Waals surface area contributed by atoms with Crippen LogP contribution in [0.1, 0.15) is 12.8 Å². The molecule has 0 heterocycles. The molecule has 0 saturated heterocycles. The third-order valence-corrected chi connectivity index (χ3v) is 0.992. The van der Waals surface area contributed by atoms with Crippen LogP contribution in [-0.2, 0) is 14.4 Å². The second-order valence-electron chi connectivity index (χ2n) is 2.42. The first-order chi connectivity index (χ1) is 6.81. The lowest BCUT2D eigenvalue weighted by Crippen LogP contribution is -2.34. The zero-order chi connectivity index (χ0) is 12.4. The summed E-state index contributed by atoms with van der Waals surface area (Å²) < 4.78 is 0. The highest BCUT2D eigenvalue weighted by molar-refractivity contribution is 5.83. The number of nitrogens with two attached hydrogens (primary N) is 3. The Morgan fingerprint density at radius 2 is 1.73 bits per heavy atom. The van der Waals surface area contributed by atoms with Crippen molar-refractivity contribution in [2.24, 2.45) is 17.2 Å². The molecule has 7 N–H and O–H groups in total. The number of carboxylic acids is 1. The van der Waals surface area contributed by atoms with Gasteiger partial charge in [0.15, 0.2) is 0 Å². The number of hydrogen-bond donors (Lipinski definition) is 4. The van der Waals surface area contributed by atoms with Crippen LogP contribution in [0.15, 0.2) is 0 Å². The van der Waals surface area contributed by atoms with E-state index in [0.717, 1.165) is 0 Å². The highest BCUT2D eigenvalue weighted by Crippen LogP contribution is 1.84. The summed E-state index contributed by atoms with van der Waals surface area (Å²) in [6, 6.07) is 0.428. The summed E-state index contributed by atoms with van der Waals surface area (Å²) in [6.07, 6.45) is -0.491. The van der Waals surface area contributed by atoms with Crippen LogP contribution in [0, 0.1) is 11.3 Å². The maximum atomic E-state index is 9.99. The summed E-state index contributed by atoms with van der Waals surface area (Å²) in [4.78, 5) is 29.5. The second kappa shape index (κ2) is 8.46. The number of hydrogen-bond acceptors (Lipinski definition) is 5. The van der Waals surface area contributed by atoms with E-state index in [4.69, 9.17) is 16.1 Å². The van der Waals surface area contributed by atoms with Gasteiger partial charge in [0.25, 0.3) is 0 Å². The van der Waals surface area contributed by atoms with Crippen LogP contribution in [0.3, 0.4) is 0 Å². The van der Waals surface area contributed by atoms with Crippen molar-refractivity contribution in [3.05, 3.63) is 0 Å². The molecule has 0 radical (unpaired) electrons. The predicted molar refractivity (Wildman–Crippen MR) is 48.8 cm³/mol. The Morgan fingerprint density at radius 3 is 1.80 bits per heavy atom. The molecule has 0 saturated carbocycles. The SMILES string of the molecule is N#CCC(N)=O.NC(=O)CC(N)C(=O)O. The van der Waals surface area contributed by atoms with E-state index in [0.29, 0.717) is 0 Å². The normalized spacial score (nSPS) is 10.1. The van der Waals surface area contributed by atoms with Crippen LogP contribution in [0.25, 0.3) is 0 Å². The number of carbonyl (C=O) groups is 3. The quantitative estimate of drug-likeness (QED) is 0.409. The number of primary amides is 2. The molecule has 1 unspecified atom stereocenters. The zero-order valence-corrected chi connectivity index (χ0v) is 7.84. The third kappa shape index (κ3) is 14.7. The second-order valence-corrected chi connectivity index (χ2v) is 2.42. The standard InChI is InChI=1S/C4H8N2O3.C3H4N2O/c5-2(4(8)9)1-3(6)7;4-2-1-3(5)6/h2H,1,5H2,(H2,6,7)(H,8,9);1H2,(H2,5,6). The van der Waals surface area contributed by atoms with Gasteiger partial charge in [0, 0.05) is 0 Å². The van der Waals surface area contributed by atoms with Crippen LogP contribution in [0.4, 0.5) is 0 Å². The Labute approximate surface area is 85.6 Å². The van der Waals surface area contributed by atoms with Gasteiger partial charge in [-0.25, -0.2) is 0 Å². The average molecular weight is 216 g/mol. The summed E-state index contributed by atoms with van der Waals surface area (Å²) in [5.41, 5.74) is 14.1. The Bertz CT molecular complexity index is 283. The molecule has 8 nitrogen and oxygen atoms in total. The molecule has 8 heteroatoms. The van der Waals surface area contributed by atoms with Gasteiger partial charge in [-0.15, -0.1) is 0 Å². The van der Waals surface area contributed by atoms with Crippen LogP contribution in [0.2, 0.25) is 0 Å². The van der Waals surface area contributed by atoms with Crippen LogP contribution >= 0.6 is 0 Å². The number of rotatable bonds is 4. The summed E-state index contributed by atoms with van der Waals surface area (Å²) >= 11 is 0. The summed E-state index contributed by atoms with van der Waals surface area (Å²) in [7, 11) is 0. The predicted octanol–water partition coefficient (Wildman–Crippen LogP) is -2.34. The smallest absolute Gasteiger partial charge is 0.321 e. The van der Waals surface area contributed by atoms with Crippen molar-refractivity contribution in [3.63, 3.8) is 0 Å². The Hall–Kier alpha value is -2.14. The molecule has 1 atom stereocenters. The molecule has 2 amide bonds. The average Bonchev–Trinajstić information content (AvgIpc) is 2.03. The molecular weight excluding hydrogens is 204 g/mol.